The maximum atomic E-state index is 12.0. The van der Waals surface area contributed by atoms with E-state index >= 15 is 0 Å². The van der Waals surface area contributed by atoms with Crippen molar-refractivity contribution in [1.82, 2.24) is 0 Å². The third kappa shape index (κ3) is 3.96. The van der Waals surface area contributed by atoms with E-state index in [9.17, 15) is 9.90 Å². The number of carbonyl (C=O) groups is 1. The first-order chi connectivity index (χ1) is 10.1. The van der Waals surface area contributed by atoms with E-state index in [1.807, 2.05) is 43.3 Å². The van der Waals surface area contributed by atoms with Crippen LogP contribution in [0.15, 0.2) is 54.7 Å². The molecule has 0 radical (unpaired) electrons. The molecule has 0 amide bonds. The fourth-order valence-corrected chi connectivity index (χ4v) is 1.97. The Kier molecular flexibility index (Phi) is 4.77. The molecule has 0 aliphatic heterocycles. The third-order valence-electron chi connectivity index (χ3n) is 3.27. The first-order valence-electron chi connectivity index (χ1n) is 6.96. The summed E-state index contributed by atoms with van der Waals surface area (Å²) >= 11 is 0. The monoisotopic (exact) mass is 281 g/mol. The van der Waals surface area contributed by atoms with Crippen molar-refractivity contribution in [3.63, 3.8) is 0 Å². The zero-order chi connectivity index (χ0) is 15.2. The van der Waals surface area contributed by atoms with Crippen LogP contribution in [0, 0.1) is 6.92 Å². The van der Waals surface area contributed by atoms with Crippen molar-refractivity contribution in [1.29, 1.82) is 0 Å². The van der Waals surface area contributed by atoms with Crippen molar-refractivity contribution in [2.75, 3.05) is 5.32 Å². The number of ketones is 1. The highest BCUT2D eigenvalue weighted by Gasteiger charge is 2.02. The van der Waals surface area contributed by atoms with Gasteiger partial charge in [-0.15, -0.1) is 0 Å². The van der Waals surface area contributed by atoms with Gasteiger partial charge in [-0.3, -0.25) is 4.79 Å². The van der Waals surface area contributed by atoms with Crippen LogP contribution in [-0.4, -0.2) is 10.9 Å². The molecule has 2 rings (SSSR count). The van der Waals surface area contributed by atoms with Gasteiger partial charge in [-0.2, -0.15) is 0 Å². The molecule has 2 N–H and O–H groups in total. The van der Waals surface area contributed by atoms with Gasteiger partial charge in [-0.1, -0.05) is 37.3 Å². The van der Waals surface area contributed by atoms with Gasteiger partial charge in [0, 0.05) is 17.8 Å². The predicted octanol–water partition coefficient (Wildman–Crippen LogP) is 4.07. The Morgan fingerprint density at radius 2 is 1.90 bits per heavy atom. The molecule has 0 heterocycles. The van der Waals surface area contributed by atoms with Gasteiger partial charge in [0.2, 0.25) is 0 Å². The van der Waals surface area contributed by atoms with Crippen molar-refractivity contribution in [2.24, 2.45) is 0 Å². The lowest BCUT2D eigenvalue weighted by Gasteiger charge is -2.05. The topological polar surface area (TPSA) is 49.3 Å². The molecule has 0 unspecified atom stereocenters. The van der Waals surface area contributed by atoms with E-state index < -0.39 is 0 Å². The highest BCUT2D eigenvalue weighted by Crippen LogP contribution is 2.23. The Morgan fingerprint density at radius 1 is 1.19 bits per heavy atom. The summed E-state index contributed by atoms with van der Waals surface area (Å²) in [6.07, 6.45) is 3.96. The lowest BCUT2D eigenvalue weighted by atomic mass is 10.1. The van der Waals surface area contributed by atoms with E-state index in [2.05, 4.69) is 12.2 Å². The number of nitrogens with one attached hydrogen (secondary N) is 1. The molecule has 2 aromatic carbocycles. The van der Waals surface area contributed by atoms with Crippen LogP contribution in [0.2, 0.25) is 0 Å². The van der Waals surface area contributed by atoms with Crippen LogP contribution in [0.5, 0.6) is 5.75 Å². The fourth-order valence-electron chi connectivity index (χ4n) is 1.97. The first-order valence-corrected chi connectivity index (χ1v) is 6.96. The predicted molar refractivity (Wildman–Crippen MR) is 85.8 cm³/mol. The van der Waals surface area contributed by atoms with Crippen LogP contribution >= 0.6 is 0 Å². The average molecular weight is 281 g/mol. The smallest absolute Gasteiger partial charge is 0.187 e. The molecule has 0 saturated heterocycles. The molecule has 0 fully saturated rings. The maximum absolute atomic E-state index is 12.0. The lowest BCUT2D eigenvalue weighted by Crippen LogP contribution is -1.97. The summed E-state index contributed by atoms with van der Waals surface area (Å²) in [4.78, 5) is 12.0. The molecule has 0 atom stereocenters. The largest absolute Gasteiger partial charge is 0.506 e. The van der Waals surface area contributed by atoms with Crippen molar-refractivity contribution < 1.29 is 9.90 Å². The Morgan fingerprint density at radius 3 is 2.57 bits per heavy atom. The number of aryl methyl sites for hydroxylation is 2. The summed E-state index contributed by atoms with van der Waals surface area (Å²) < 4.78 is 0. The van der Waals surface area contributed by atoms with E-state index in [-0.39, 0.29) is 11.5 Å². The highest BCUT2D eigenvalue weighted by atomic mass is 16.3. The van der Waals surface area contributed by atoms with Crippen molar-refractivity contribution in [3.05, 3.63) is 71.4 Å². The number of benzene rings is 2. The van der Waals surface area contributed by atoms with Crippen molar-refractivity contribution in [2.45, 2.75) is 20.3 Å². The Labute approximate surface area is 124 Å². The van der Waals surface area contributed by atoms with Gasteiger partial charge in [0.25, 0.3) is 0 Å². The molecule has 0 spiro atoms. The number of hydrogen-bond acceptors (Lipinski definition) is 3. The van der Waals surface area contributed by atoms with Crippen molar-refractivity contribution >= 4 is 11.5 Å². The number of phenols is 1. The average Bonchev–Trinajstić information content (AvgIpc) is 2.50. The minimum Gasteiger partial charge on any atom is -0.506 e. The van der Waals surface area contributed by atoms with E-state index in [0.717, 1.165) is 12.0 Å². The van der Waals surface area contributed by atoms with Gasteiger partial charge in [-0.05, 0) is 36.6 Å². The summed E-state index contributed by atoms with van der Waals surface area (Å²) in [5.74, 6) is 0.0855. The SMILES string of the molecule is CCc1ccc(C(=O)C=CNc2cc(C)ccc2O)cc1. The number of phenolic OH excluding ortho intramolecular Hbond substituents is 1. The summed E-state index contributed by atoms with van der Waals surface area (Å²) in [7, 11) is 0. The number of aromatic hydroxyl groups is 1. The number of rotatable bonds is 5. The standard InChI is InChI=1S/C18H19NO2/c1-3-14-5-7-15(8-6-14)17(20)10-11-19-16-12-13(2)4-9-18(16)21/h4-12,19,21H,3H2,1-2H3. The van der Waals surface area contributed by atoms with Gasteiger partial charge in [0.1, 0.15) is 5.75 Å². The summed E-state index contributed by atoms with van der Waals surface area (Å²) in [5.41, 5.74) is 3.47. The molecular weight excluding hydrogens is 262 g/mol. The van der Waals surface area contributed by atoms with E-state index in [4.69, 9.17) is 0 Å². The second kappa shape index (κ2) is 6.75. The van der Waals surface area contributed by atoms with E-state index in [0.29, 0.717) is 11.3 Å². The molecule has 108 valence electrons. The Balaban J connectivity index is 2.03. The molecule has 21 heavy (non-hydrogen) atoms. The van der Waals surface area contributed by atoms with Crippen molar-refractivity contribution in [3.8, 4) is 5.75 Å². The fraction of sp³-hybridized carbons (Fsp3) is 0.167. The van der Waals surface area contributed by atoms with Crippen LogP contribution in [0.1, 0.15) is 28.4 Å². The minimum absolute atomic E-state index is 0.0719. The highest BCUT2D eigenvalue weighted by molar-refractivity contribution is 6.04. The number of hydrogen-bond donors (Lipinski definition) is 2. The third-order valence-corrected chi connectivity index (χ3v) is 3.27. The molecule has 0 aromatic heterocycles. The summed E-state index contributed by atoms with van der Waals surface area (Å²) in [6.45, 7) is 4.02. The van der Waals surface area contributed by atoms with Gasteiger partial charge in [0.05, 0.1) is 5.69 Å². The zero-order valence-electron chi connectivity index (χ0n) is 12.3. The van der Waals surface area contributed by atoms with Gasteiger partial charge in [-0.25, -0.2) is 0 Å². The summed E-state index contributed by atoms with van der Waals surface area (Å²) in [5, 5.41) is 12.6. The van der Waals surface area contributed by atoms with Gasteiger partial charge >= 0.3 is 0 Å². The molecule has 0 aliphatic carbocycles. The van der Waals surface area contributed by atoms with E-state index in [1.54, 1.807) is 12.3 Å². The number of anilines is 1. The van der Waals surface area contributed by atoms with Crippen LogP contribution in [0.25, 0.3) is 0 Å². The maximum Gasteiger partial charge on any atom is 0.187 e. The minimum atomic E-state index is -0.0719. The van der Waals surface area contributed by atoms with Crippen LogP contribution in [-0.2, 0) is 6.42 Å². The molecular formula is C18H19NO2. The number of carbonyl (C=O) groups excluding carboxylic acids is 1. The van der Waals surface area contributed by atoms with Gasteiger partial charge in [0.15, 0.2) is 5.78 Å². The van der Waals surface area contributed by atoms with Gasteiger partial charge < -0.3 is 10.4 Å². The first kappa shape index (κ1) is 14.9. The summed E-state index contributed by atoms with van der Waals surface area (Å²) in [6, 6.07) is 12.8. The molecule has 3 nitrogen and oxygen atoms in total. The Bertz CT molecular complexity index is 657. The quantitative estimate of drug-likeness (QED) is 0.493. The second-order valence-corrected chi connectivity index (χ2v) is 4.91. The zero-order valence-corrected chi connectivity index (χ0v) is 12.3. The van der Waals surface area contributed by atoms with Crippen LogP contribution in [0.4, 0.5) is 5.69 Å². The normalized spacial score (nSPS) is 10.8. The molecule has 0 saturated carbocycles. The second-order valence-electron chi connectivity index (χ2n) is 4.91. The number of allylic oxidation sites excluding steroid dienone is 1. The van der Waals surface area contributed by atoms with Crippen LogP contribution in [0.3, 0.4) is 0 Å². The lowest BCUT2D eigenvalue weighted by molar-refractivity contribution is 0.104. The van der Waals surface area contributed by atoms with Crippen LogP contribution < -0.4 is 5.32 Å². The Hall–Kier alpha value is -2.55. The molecule has 3 heteroatoms. The molecule has 2 aromatic rings. The molecule has 0 aliphatic rings. The molecule has 0 bridgehead atoms. The van der Waals surface area contributed by atoms with E-state index in [1.165, 1.54) is 11.6 Å².